The molecule has 0 radical (unpaired) electrons. The van der Waals surface area contributed by atoms with Crippen molar-refractivity contribution < 1.29 is 14.3 Å². The van der Waals surface area contributed by atoms with E-state index in [4.69, 9.17) is 9.47 Å². The van der Waals surface area contributed by atoms with Crippen molar-refractivity contribution in [1.82, 2.24) is 10.6 Å². The van der Waals surface area contributed by atoms with Crippen LogP contribution >= 0.6 is 0 Å². The fraction of sp³-hybridized carbons (Fsp3) is 0.917. The van der Waals surface area contributed by atoms with Crippen molar-refractivity contribution in [3.05, 3.63) is 0 Å². The number of amides is 1. The van der Waals surface area contributed by atoms with Crippen molar-refractivity contribution in [3.8, 4) is 0 Å². The number of rotatable bonds is 4. The van der Waals surface area contributed by atoms with Gasteiger partial charge in [0.05, 0.1) is 25.7 Å². The maximum atomic E-state index is 11.8. The molecule has 2 rings (SSSR count). The second-order valence-electron chi connectivity index (χ2n) is 4.88. The van der Waals surface area contributed by atoms with Crippen LogP contribution in [0.5, 0.6) is 0 Å². The van der Waals surface area contributed by atoms with E-state index in [1.54, 1.807) is 0 Å². The first kappa shape index (κ1) is 12.8. The first-order chi connectivity index (χ1) is 8.25. The summed E-state index contributed by atoms with van der Waals surface area (Å²) in [6, 6.07) is 0.196. The van der Waals surface area contributed by atoms with Gasteiger partial charge >= 0.3 is 0 Å². The van der Waals surface area contributed by atoms with Gasteiger partial charge in [0.15, 0.2) is 0 Å². The Balaban J connectivity index is 1.68. The molecule has 5 heteroatoms. The van der Waals surface area contributed by atoms with Gasteiger partial charge in [0.25, 0.3) is 0 Å². The lowest BCUT2D eigenvalue weighted by Crippen LogP contribution is -2.44. The van der Waals surface area contributed by atoms with E-state index in [0.29, 0.717) is 18.9 Å². The summed E-state index contributed by atoms with van der Waals surface area (Å²) in [6.07, 6.45) is 1.52. The van der Waals surface area contributed by atoms with E-state index in [1.165, 1.54) is 0 Å². The van der Waals surface area contributed by atoms with E-state index in [-0.39, 0.29) is 18.1 Å². The minimum atomic E-state index is 0.0239. The number of carbonyl (C=O) groups is 1. The predicted octanol–water partition coefficient (Wildman–Crippen LogP) is -0.0939. The molecule has 3 atom stereocenters. The fourth-order valence-electron chi connectivity index (χ4n) is 2.34. The molecule has 2 aliphatic heterocycles. The third-order valence-corrected chi connectivity index (χ3v) is 3.48. The molecular formula is C12H22N2O3. The van der Waals surface area contributed by atoms with Crippen LogP contribution in [0.25, 0.3) is 0 Å². The molecule has 1 amide bonds. The molecule has 17 heavy (non-hydrogen) atoms. The third kappa shape index (κ3) is 3.94. The van der Waals surface area contributed by atoms with Crippen molar-refractivity contribution in [2.24, 2.45) is 5.92 Å². The van der Waals surface area contributed by atoms with Gasteiger partial charge in [-0.15, -0.1) is 0 Å². The van der Waals surface area contributed by atoms with Crippen LogP contribution in [-0.4, -0.2) is 51.0 Å². The van der Waals surface area contributed by atoms with E-state index in [9.17, 15) is 4.79 Å². The highest BCUT2D eigenvalue weighted by atomic mass is 16.5. The molecular weight excluding hydrogens is 220 g/mol. The Bertz CT molecular complexity index is 248. The Morgan fingerprint density at radius 2 is 2.41 bits per heavy atom. The number of carbonyl (C=O) groups excluding carboxylic acids is 1. The largest absolute Gasteiger partial charge is 0.381 e. The average molecular weight is 242 g/mol. The van der Waals surface area contributed by atoms with E-state index < -0.39 is 0 Å². The lowest BCUT2D eigenvalue weighted by atomic mass is 10.0. The molecule has 2 aliphatic rings. The van der Waals surface area contributed by atoms with E-state index >= 15 is 0 Å². The monoisotopic (exact) mass is 242 g/mol. The van der Waals surface area contributed by atoms with Crippen molar-refractivity contribution in [2.75, 3.05) is 32.9 Å². The smallest absolute Gasteiger partial charge is 0.222 e. The predicted molar refractivity (Wildman–Crippen MR) is 63.8 cm³/mol. The highest BCUT2D eigenvalue weighted by Crippen LogP contribution is 2.16. The molecule has 0 aliphatic carbocycles. The van der Waals surface area contributed by atoms with E-state index in [0.717, 1.165) is 32.7 Å². The van der Waals surface area contributed by atoms with Crippen LogP contribution in [0.15, 0.2) is 0 Å². The molecule has 0 aromatic rings. The topological polar surface area (TPSA) is 59.6 Å². The number of nitrogens with one attached hydrogen (secondary N) is 2. The zero-order chi connectivity index (χ0) is 12.1. The highest BCUT2D eigenvalue weighted by Gasteiger charge is 2.25. The Labute approximate surface area is 102 Å². The minimum absolute atomic E-state index is 0.0239. The second kappa shape index (κ2) is 6.33. The summed E-state index contributed by atoms with van der Waals surface area (Å²) in [7, 11) is 0. The summed E-state index contributed by atoms with van der Waals surface area (Å²) in [5.74, 6) is 0.544. The summed E-state index contributed by atoms with van der Waals surface area (Å²) in [6.45, 7) is 5.99. The van der Waals surface area contributed by atoms with Crippen LogP contribution in [0.1, 0.15) is 19.8 Å². The Kier molecular flexibility index (Phi) is 4.76. The zero-order valence-electron chi connectivity index (χ0n) is 10.4. The van der Waals surface area contributed by atoms with Gasteiger partial charge in [-0.2, -0.15) is 0 Å². The standard InChI is InChI=1S/C12H22N2O3/c1-9(10-2-4-16-8-10)14-12(15)6-11-7-13-3-5-17-11/h9-11,13H,2-8H2,1H3,(H,14,15). The summed E-state index contributed by atoms with van der Waals surface area (Å²) >= 11 is 0. The van der Waals surface area contributed by atoms with Gasteiger partial charge in [0, 0.05) is 31.7 Å². The van der Waals surface area contributed by atoms with Crippen LogP contribution in [0.4, 0.5) is 0 Å². The molecule has 0 spiro atoms. The van der Waals surface area contributed by atoms with Gasteiger partial charge < -0.3 is 20.1 Å². The van der Waals surface area contributed by atoms with Gasteiger partial charge in [-0.1, -0.05) is 0 Å². The molecule has 0 saturated carbocycles. The highest BCUT2D eigenvalue weighted by molar-refractivity contribution is 5.76. The summed E-state index contributed by atoms with van der Waals surface area (Å²) < 4.78 is 10.8. The maximum Gasteiger partial charge on any atom is 0.222 e. The summed E-state index contributed by atoms with van der Waals surface area (Å²) in [4.78, 5) is 11.8. The quantitative estimate of drug-likeness (QED) is 0.723. The second-order valence-corrected chi connectivity index (χ2v) is 4.88. The summed E-state index contributed by atoms with van der Waals surface area (Å²) in [5.41, 5.74) is 0. The zero-order valence-corrected chi connectivity index (χ0v) is 10.4. The maximum absolute atomic E-state index is 11.8. The van der Waals surface area contributed by atoms with Crippen molar-refractivity contribution >= 4 is 5.91 Å². The molecule has 98 valence electrons. The van der Waals surface area contributed by atoms with Gasteiger partial charge in [-0.3, -0.25) is 4.79 Å². The molecule has 2 fully saturated rings. The van der Waals surface area contributed by atoms with Gasteiger partial charge in [-0.05, 0) is 13.3 Å². The Morgan fingerprint density at radius 1 is 1.53 bits per heavy atom. The van der Waals surface area contributed by atoms with E-state index in [1.807, 2.05) is 0 Å². The number of hydrogen-bond acceptors (Lipinski definition) is 4. The molecule has 5 nitrogen and oxygen atoms in total. The van der Waals surface area contributed by atoms with Crippen LogP contribution in [-0.2, 0) is 14.3 Å². The van der Waals surface area contributed by atoms with Crippen LogP contribution in [0.3, 0.4) is 0 Å². The minimum Gasteiger partial charge on any atom is -0.381 e. The lowest BCUT2D eigenvalue weighted by Gasteiger charge is -2.25. The average Bonchev–Trinajstić information content (AvgIpc) is 2.83. The van der Waals surface area contributed by atoms with Crippen molar-refractivity contribution in [1.29, 1.82) is 0 Å². The molecule has 0 bridgehead atoms. The number of hydrogen-bond donors (Lipinski definition) is 2. The molecule has 2 saturated heterocycles. The van der Waals surface area contributed by atoms with Crippen LogP contribution in [0, 0.1) is 5.92 Å². The normalized spacial score (nSPS) is 31.1. The Hall–Kier alpha value is -0.650. The first-order valence-electron chi connectivity index (χ1n) is 6.45. The molecule has 0 aromatic heterocycles. The number of ether oxygens (including phenoxy) is 2. The van der Waals surface area contributed by atoms with Gasteiger partial charge in [0.1, 0.15) is 0 Å². The first-order valence-corrected chi connectivity index (χ1v) is 6.45. The van der Waals surface area contributed by atoms with Crippen LogP contribution < -0.4 is 10.6 Å². The van der Waals surface area contributed by atoms with Gasteiger partial charge in [-0.25, -0.2) is 0 Å². The molecule has 2 heterocycles. The van der Waals surface area contributed by atoms with E-state index in [2.05, 4.69) is 17.6 Å². The van der Waals surface area contributed by atoms with Crippen molar-refractivity contribution in [3.63, 3.8) is 0 Å². The van der Waals surface area contributed by atoms with Crippen LogP contribution in [0.2, 0.25) is 0 Å². The van der Waals surface area contributed by atoms with Gasteiger partial charge in [0.2, 0.25) is 5.91 Å². The molecule has 3 unspecified atom stereocenters. The fourth-order valence-corrected chi connectivity index (χ4v) is 2.34. The SMILES string of the molecule is CC(NC(=O)CC1CNCCO1)C1CCOC1. The lowest BCUT2D eigenvalue weighted by molar-refractivity contribution is -0.125. The third-order valence-electron chi connectivity index (χ3n) is 3.48. The number of morpholine rings is 1. The summed E-state index contributed by atoms with van der Waals surface area (Å²) in [5, 5.41) is 6.27. The molecule has 2 N–H and O–H groups in total. The van der Waals surface area contributed by atoms with Crippen molar-refractivity contribution in [2.45, 2.75) is 31.9 Å². The Morgan fingerprint density at radius 3 is 3.06 bits per heavy atom. The molecule has 0 aromatic carbocycles.